The number of carbonyl (C=O) groups is 2. The monoisotopic (exact) mass is 329 g/mol. The summed E-state index contributed by atoms with van der Waals surface area (Å²) >= 11 is 0. The van der Waals surface area contributed by atoms with E-state index in [1.807, 2.05) is 38.1 Å². The highest BCUT2D eigenvalue weighted by atomic mass is 16.5. The molecule has 1 rings (SSSR count). The molecule has 6 nitrogen and oxygen atoms in total. The van der Waals surface area contributed by atoms with Crippen molar-refractivity contribution >= 4 is 17.6 Å². The molecule has 0 saturated heterocycles. The van der Waals surface area contributed by atoms with Crippen molar-refractivity contribution in [3.63, 3.8) is 0 Å². The van der Waals surface area contributed by atoms with Gasteiger partial charge in [-0.15, -0.1) is 0 Å². The van der Waals surface area contributed by atoms with Crippen LogP contribution in [0.2, 0.25) is 0 Å². The molecule has 0 aliphatic rings. The Morgan fingerprint density at radius 2 is 1.83 bits per heavy atom. The first-order chi connectivity index (χ1) is 11.6. The normalized spacial score (nSPS) is 10.7. The molecule has 0 aromatic heterocycles. The van der Waals surface area contributed by atoms with Gasteiger partial charge in [0.1, 0.15) is 18.2 Å². The lowest BCUT2D eigenvalue weighted by Crippen LogP contribution is -2.23. The zero-order valence-corrected chi connectivity index (χ0v) is 14.3. The summed E-state index contributed by atoms with van der Waals surface area (Å²) in [5.41, 5.74) is 2.67. The van der Waals surface area contributed by atoms with Crippen molar-refractivity contribution in [2.24, 2.45) is 0 Å². The number of ether oxygens (including phenoxy) is 1. The van der Waals surface area contributed by atoms with Crippen LogP contribution in [0.5, 0.6) is 0 Å². The number of anilines is 1. The Kier molecular flexibility index (Phi) is 8.06. The molecular formula is C18H23N3O3. The van der Waals surface area contributed by atoms with Gasteiger partial charge < -0.3 is 15.4 Å². The second-order valence-corrected chi connectivity index (χ2v) is 4.97. The summed E-state index contributed by atoms with van der Waals surface area (Å²) in [5.74, 6) is -0.958. The summed E-state index contributed by atoms with van der Waals surface area (Å²) < 4.78 is 4.76. The third-order valence-corrected chi connectivity index (χ3v) is 3.40. The van der Waals surface area contributed by atoms with Gasteiger partial charge in [-0.1, -0.05) is 32.0 Å². The highest BCUT2D eigenvalue weighted by molar-refractivity contribution is 6.07. The number of benzene rings is 1. The third-order valence-electron chi connectivity index (χ3n) is 3.40. The topological polar surface area (TPSA) is 91.2 Å². The molecule has 0 atom stereocenters. The Morgan fingerprint density at radius 3 is 2.33 bits per heavy atom. The van der Waals surface area contributed by atoms with Gasteiger partial charge in [0, 0.05) is 11.9 Å². The van der Waals surface area contributed by atoms with Crippen LogP contribution < -0.4 is 10.6 Å². The molecule has 0 saturated carbocycles. The van der Waals surface area contributed by atoms with Gasteiger partial charge in [-0.3, -0.25) is 9.59 Å². The van der Waals surface area contributed by atoms with Crippen LogP contribution in [0.25, 0.3) is 0 Å². The first kappa shape index (κ1) is 19.2. The Morgan fingerprint density at radius 1 is 1.21 bits per heavy atom. The Hall–Kier alpha value is -2.81. The SMILES string of the molecule is CCOC(=O)CN/C=C(/C#N)C(=O)Nc1c(CC)cccc1CC. The highest BCUT2D eigenvalue weighted by Gasteiger charge is 2.14. The van der Waals surface area contributed by atoms with E-state index in [1.165, 1.54) is 6.20 Å². The number of nitriles is 1. The predicted octanol–water partition coefficient (Wildman–Crippen LogP) is 2.31. The smallest absolute Gasteiger partial charge is 0.325 e. The van der Waals surface area contributed by atoms with Gasteiger partial charge in [0.05, 0.1) is 6.61 Å². The van der Waals surface area contributed by atoms with Crippen molar-refractivity contribution in [2.45, 2.75) is 33.6 Å². The molecule has 1 aromatic carbocycles. The van der Waals surface area contributed by atoms with Crippen molar-refractivity contribution in [2.75, 3.05) is 18.5 Å². The molecule has 1 amide bonds. The summed E-state index contributed by atoms with van der Waals surface area (Å²) in [7, 11) is 0. The fourth-order valence-electron chi connectivity index (χ4n) is 2.18. The van der Waals surface area contributed by atoms with E-state index in [4.69, 9.17) is 10.00 Å². The van der Waals surface area contributed by atoms with Gasteiger partial charge in [-0.2, -0.15) is 5.26 Å². The quantitative estimate of drug-likeness (QED) is 0.434. The van der Waals surface area contributed by atoms with Crippen LogP contribution in [0.4, 0.5) is 5.69 Å². The number of para-hydroxylation sites is 1. The fourth-order valence-corrected chi connectivity index (χ4v) is 2.18. The number of rotatable bonds is 8. The van der Waals surface area contributed by atoms with E-state index in [9.17, 15) is 9.59 Å². The average Bonchev–Trinajstić information content (AvgIpc) is 2.59. The second kappa shape index (κ2) is 10.1. The number of aryl methyl sites for hydroxylation is 2. The highest BCUT2D eigenvalue weighted by Crippen LogP contribution is 2.23. The minimum absolute atomic E-state index is 0.0991. The van der Waals surface area contributed by atoms with Crippen molar-refractivity contribution < 1.29 is 14.3 Å². The maximum Gasteiger partial charge on any atom is 0.325 e. The molecule has 0 fully saturated rings. The van der Waals surface area contributed by atoms with E-state index in [2.05, 4.69) is 10.6 Å². The minimum atomic E-state index is -0.510. The molecule has 0 aliphatic carbocycles. The molecule has 128 valence electrons. The number of esters is 1. The first-order valence-corrected chi connectivity index (χ1v) is 7.98. The molecule has 24 heavy (non-hydrogen) atoms. The molecule has 6 heteroatoms. The molecule has 0 bridgehead atoms. The van der Waals surface area contributed by atoms with Gasteiger partial charge in [-0.25, -0.2) is 0 Å². The van der Waals surface area contributed by atoms with Crippen molar-refractivity contribution in [1.82, 2.24) is 5.32 Å². The third kappa shape index (κ3) is 5.43. The summed E-state index contributed by atoms with van der Waals surface area (Å²) in [6.45, 7) is 5.90. The molecule has 0 heterocycles. The van der Waals surface area contributed by atoms with Crippen LogP contribution in [0.1, 0.15) is 31.9 Å². The van der Waals surface area contributed by atoms with E-state index < -0.39 is 11.9 Å². The van der Waals surface area contributed by atoms with Crippen molar-refractivity contribution in [3.8, 4) is 6.07 Å². The molecule has 1 aromatic rings. The number of nitrogens with zero attached hydrogens (tertiary/aromatic N) is 1. The van der Waals surface area contributed by atoms with E-state index in [0.717, 1.165) is 29.7 Å². The van der Waals surface area contributed by atoms with Crippen LogP contribution in [0.15, 0.2) is 30.0 Å². The zero-order chi connectivity index (χ0) is 17.9. The van der Waals surface area contributed by atoms with E-state index in [0.29, 0.717) is 0 Å². The largest absolute Gasteiger partial charge is 0.465 e. The van der Waals surface area contributed by atoms with Crippen LogP contribution >= 0.6 is 0 Å². The number of hydrogen-bond acceptors (Lipinski definition) is 5. The van der Waals surface area contributed by atoms with E-state index >= 15 is 0 Å². The van der Waals surface area contributed by atoms with Crippen molar-refractivity contribution in [3.05, 3.63) is 41.1 Å². The summed E-state index contributed by atoms with van der Waals surface area (Å²) in [4.78, 5) is 23.6. The van der Waals surface area contributed by atoms with Crippen molar-refractivity contribution in [1.29, 1.82) is 5.26 Å². The Balaban J connectivity index is 2.85. The zero-order valence-electron chi connectivity index (χ0n) is 14.3. The second-order valence-electron chi connectivity index (χ2n) is 4.97. The van der Waals surface area contributed by atoms with Gasteiger partial charge >= 0.3 is 5.97 Å². The average molecular weight is 329 g/mol. The lowest BCUT2D eigenvalue weighted by molar-refractivity contribution is -0.141. The molecule has 2 N–H and O–H groups in total. The Bertz CT molecular complexity index is 638. The summed E-state index contributed by atoms with van der Waals surface area (Å²) in [6, 6.07) is 7.69. The van der Waals surface area contributed by atoms with E-state index in [1.54, 1.807) is 6.92 Å². The van der Waals surface area contributed by atoms with E-state index in [-0.39, 0.29) is 18.7 Å². The first-order valence-electron chi connectivity index (χ1n) is 7.98. The molecular weight excluding hydrogens is 306 g/mol. The lowest BCUT2D eigenvalue weighted by Gasteiger charge is -2.14. The molecule has 0 radical (unpaired) electrons. The molecule has 0 aliphatic heterocycles. The van der Waals surface area contributed by atoms with Gasteiger partial charge in [0.25, 0.3) is 5.91 Å². The summed E-state index contributed by atoms with van der Waals surface area (Å²) in [6.07, 6.45) is 2.78. The van der Waals surface area contributed by atoms with Crippen LogP contribution in [-0.2, 0) is 27.2 Å². The van der Waals surface area contributed by atoms with Crippen LogP contribution in [0, 0.1) is 11.3 Å². The minimum Gasteiger partial charge on any atom is -0.465 e. The lowest BCUT2D eigenvalue weighted by atomic mass is 10.0. The number of carbonyl (C=O) groups excluding carboxylic acids is 2. The maximum atomic E-state index is 12.3. The standard InChI is InChI=1S/C18H23N3O3/c1-4-13-8-7-9-14(5-2)17(13)21-18(23)15(10-19)11-20-12-16(22)24-6-3/h7-9,11,20H,4-6,12H2,1-3H3,(H,21,23)/b15-11-. The molecule has 0 unspecified atom stereocenters. The van der Waals surface area contributed by atoms with Gasteiger partial charge in [-0.05, 0) is 30.9 Å². The Labute approximate surface area is 142 Å². The fraction of sp³-hybridized carbons (Fsp3) is 0.389. The van der Waals surface area contributed by atoms with Crippen LogP contribution in [-0.4, -0.2) is 25.0 Å². The molecule has 0 spiro atoms. The maximum absolute atomic E-state index is 12.3. The predicted molar refractivity (Wildman–Crippen MR) is 92.2 cm³/mol. The summed E-state index contributed by atoms with van der Waals surface area (Å²) in [5, 5.41) is 14.6. The van der Waals surface area contributed by atoms with Gasteiger partial charge in [0.2, 0.25) is 0 Å². The number of nitrogens with one attached hydrogen (secondary N) is 2. The number of amides is 1. The van der Waals surface area contributed by atoms with Gasteiger partial charge in [0.15, 0.2) is 0 Å². The number of hydrogen-bond donors (Lipinski definition) is 2. The van der Waals surface area contributed by atoms with Crippen LogP contribution in [0.3, 0.4) is 0 Å².